The van der Waals surface area contributed by atoms with Crippen molar-refractivity contribution in [3.8, 4) is 5.75 Å². The summed E-state index contributed by atoms with van der Waals surface area (Å²) in [7, 11) is 0. The van der Waals surface area contributed by atoms with Crippen molar-refractivity contribution in [1.82, 2.24) is 4.98 Å². The molecule has 1 heterocycles. The second-order valence-corrected chi connectivity index (χ2v) is 4.75. The molecule has 1 aromatic heterocycles. The summed E-state index contributed by atoms with van der Waals surface area (Å²) in [5.74, 6) is 0.860. The lowest BCUT2D eigenvalue weighted by atomic mass is 10.2. The number of nitrogens with one attached hydrogen (secondary N) is 1. The van der Waals surface area contributed by atoms with E-state index in [9.17, 15) is 0 Å². The van der Waals surface area contributed by atoms with Gasteiger partial charge in [0.2, 0.25) is 0 Å². The van der Waals surface area contributed by atoms with E-state index >= 15 is 0 Å². The normalized spacial score (nSPS) is 10.1. The number of benzene rings is 1. The maximum atomic E-state index is 5.91. The molecule has 0 unspecified atom stereocenters. The molecule has 4 heteroatoms. The smallest absolute Gasteiger partial charge is 0.132 e. The molecule has 104 valence electrons. The Morgan fingerprint density at radius 1 is 1.40 bits per heavy atom. The number of ether oxygens (including phenoxy) is 1. The third-order valence-electron chi connectivity index (χ3n) is 2.83. The molecule has 3 nitrogen and oxygen atoms in total. The SMILES string of the molecule is C=CCOc1ccccc1CNc1cnc(Cl)c(C)c1. The van der Waals surface area contributed by atoms with Crippen molar-refractivity contribution in [2.75, 3.05) is 11.9 Å². The number of nitrogens with zero attached hydrogens (tertiary/aromatic N) is 1. The highest BCUT2D eigenvalue weighted by Gasteiger charge is 2.03. The third-order valence-corrected chi connectivity index (χ3v) is 3.22. The van der Waals surface area contributed by atoms with Gasteiger partial charge in [-0.1, -0.05) is 42.5 Å². The molecule has 1 N–H and O–H groups in total. The fraction of sp³-hybridized carbons (Fsp3) is 0.188. The Bertz CT molecular complexity index is 599. The molecule has 0 saturated heterocycles. The van der Waals surface area contributed by atoms with Crippen molar-refractivity contribution in [1.29, 1.82) is 0 Å². The van der Waals surface area contributed by atoms with Crippen molar-refractivity contribution in [3.63, 3.8) is 0 Å². The van der Waals surface area contributed by atoms with Crippen molar-refractivity contribution in [2.24, 2.45) is 0 Å². The number of hydrogen-bond donors (Lipinski definition) is 1. The molecular formula is C16H17ClN2O. The second-order valence-electron chi connectivity index (χ2n) is 4.39. The molecule has 0 atom stereocenters. The molecular weight excluding hydrogens is 272 g/mol. The van der Waals surface area contributed by atoms with E-state index in [1.54, 1.807) is 12.3 Å². The van der Waals surface area contributed by atoms with Crippen LogP contribution in [0.4, 0.5) is 5.69 Å². The highest BCUT2D eigenvalue weighted by Crippen LogP contribution is 2.21. The van der Waals surface area contributed by atoms with Crippen molar-refractivity contribution in [3.05, 3.63) is 65.5 Å². The maximum absolute atomic E-state index is 5.91. The van der Waals surface area contributed by atoms with Gasteiger partial charge in [-0.05, 0) is 24.6 Å². The van der Waals surface area contributed by atoms with E-state index in [1.807, 2.05) is 37.3 Å². The van der Waals surface area contributed by atoms with Gasteiger partial charge in [0, 0.05) is 12.1 Å². The first kappa shape index (κ1) is 14.4. The van der Waals surface area contributed by atoms with E-state index in [1.165, 1.54) is 0 Å². The first-order valence-corrected chi connectivity index (χ1v) is 6.76. The number of para-hydroxylation sites is 1. The summed E-state index contributed by atoms with van der Waals surface area (Å²) < 4.78 is 5.62. The molecule has 2 aromatic rings. The number of pyridine rings is 1. The van der Waals surface area contributed by atoms with E-state index < -0.39 is 0 Å². The summed E-state index contributed by atoms with van der Waals surface area (Å²) in [6, 6.07) is 9.90. The number of anilines is 1. The van der Waals surface area contributed by atoms with Gasteiger partial charge in [0.15, 0.2) is 0 Å². The molecule has 20 heavy (non-hydrogen) atoms. The number of rotatable bonds is 6. The molecule has 0 saturated carbocycles. The van der Waals surface area contributed by atoms with Gasteiger partial charge in [0.25, 0.3) is 0 Å². The minimum absolute atomic E-state index is 0.499. The highest BCUT2D eigenvalue weighted by molar-refractivity contribution is 6.30. The lowest BCUT2D eigenvalue weighted by molar-refractivity contribution is 0.359. The van der Waals surface area contributed by atoms with E-state index in [0.29, 0.717) is 18.3 Å². The van der Waals surface area contributed by atoms with Crippen LogP contribution in [0.15, 0.2) is 49.2 Å². The van der Waals surface area contributed by atoms with Gasteiger partial charge < -0.3 is 10.1 Å². The van der Waals surface area contributed by atoms with Crippen LogP contribution in [0.5, 0.6) is 5.75 Å². The van der Waals surface area contributed by atoms with Gasteiger partial charge in [-0.25, -0.2) is 4.98 Å². The van der Waals surface area contributed by atoms with Crippen LogP contribution in [0.2, 0.25) is 5.15 Å². The topological polar surface area (TPSA) is 34.1 Å². The largest absolute Gasteiger partial charge is 0.489 e. The van der Waals surface area contributed by atoms with E-state index in [0.717, 1.165) is 22.6 Å². The summed E-state index contributed by atoms with van der Waals surface area (Å²) in [6.07, 6.45) is 3.46. The van der Waals surface area contributed by atoms with Crippen LogP contribution in [0.1, 0.15) is 11.1 Å². The average molecular weight is 289 g/mol. The van der Waals surface area contributed by atoms with Crippen molar-refractivity contribution in [2.45, 2.75) is 13.5 Å². The quantitative estimate of drug-likeness (QED) is 0.638. The second kappa shape index (κ2) is 6.96. The molecule has 0 radical (unpaired) electrons. The summed E-state index contributed by atoms with van der Waals surface area (Å²) in [6.45, 7) is 6.75. The first-order valence-electron chi connectivity index (χ1n) is 6.38. The summed E-state index contributed by atoms with van der Waals surface area (Å²) in [4.78, 5) is 4.12. The first-order chi connectivity index (χ1) is 9.70. The molecule has 0 aliphatic heterocycles. The van der Waals surface area contributed by atoms with E-state index in [-0.39, 0.29) is 0 Å². The van der Waals surface area contributed by atoms with Crippen molar-refractivity contribution >= 4 is 17.3 Å². The fourth-order valence-electron chi connectivity index (χ4n) is 1.79. The lowest BCUT2D eigenvalue weighted by Gasteiger charge is -2.12. The predicted molar refractivity (Wildman–Crippen MR) is 83.4 cm³/mol. The number of halogens is 1. The van der Waals surface area contributed by atoms with E-state index in [4.69, 9.17) is 16.3 Å². The Kier molecular flexibility index (Phi) is 5.02. The molecule has 0 fully saturated rings. The van der Waals surface area contributed by atoms with Gasteiger partial charge in [0.1, 0.15) is 17.5 Å². The van der Waals surface area contributed by atoms with Crippen LogP contribution in [-0.4, -0.2) is 11.6 Å². The third kappa shape index (κ3) is 3.75. The van der Waals surface area contributed by atoms with Gasteiger partial charge >= 0.3 is 0 Å². The van der Waals surface area contributed by atoms with Gasteiger partial charge in [-0.3, -0.25) is 0 Å². The molecule has 0 spiro atoms. The Hall–Kier alpha value is -2.00. The Balaban J connectivity index is 2.06. The number of hydrogen-bond acceptors (Lipinski definition) is 3. The zero-order valence-corrected chi connectivity index (χ0v) is 12.2. The molecule has 2 rings (SSSR count). The van der Waals surface area contributed by atoms with Crippen LogP contribution in [0, 0.1) is 6.92 Å². The standard InChI is InChI=1S/C16H17ClN2O/c1-3-8-20-15-7-5-4-6-13(15)10-18-14-9-12(2)16(17)19-11-14/h3-7,9,11,18H,1,8,10H2,2H3. The molecule has 0 aliphatic rings. The van der Waals surface area contributed by atoms with Crippen LogP contribution in [-0.2, 0) is 6.54 Å². The average Bonchev–Trinajstić information content (AvgIpc) is 2.47. The molecule has 0 bridgehead atoms. The minimum Gasteiger partial charge on any atom is -0.489 e. The van der Waals surface area contributed by atoms with E-state index in [2.05, 4.69) is 16.9 Å². The highest BCUT2D eigenvalue weighted by atomic mass is 35.5. The molecule has 0 amide bonds. The minimum atomic E-state index is 0.499. The monoisotopic (exact) mass is 288 g/mol. The molecule has 1 aromatic carbocycles. The Labute approximate surface area is 124 Å². The van der Waals surface area contributed by atoms with Gasteiger partial charge in [0.05, 0.1) is 11.9 Å². The zero-order chi connectivity index (χ0) is 14.4. The molecule has 0 aliphatic carbocycles. The summed E-state index contributed by atoms with van der Waals surface area (Å²) in [5.41, 5.74) is 2.97. The van der Waals surface area contributed by atoms with Crippen LogP contribution >= 0.6 is 11.6 Å². The van der Waals surface area contributed by atoms with Crippen LogP contribution < -0.4 is 10.1 Å². The summed E-state index contributed by atoms with van der Waals surface area (Å²) in [5, 5.41) is 3.85. The summed E-state index contributed by atoms with van der Waals surface area (Å²) >= 11 is 5.91. The number of aromatic nitrogens is 1. The number of aryl methyl sites for hydroxylation is 1. The van der Waals surface area contributed by atoms with Crippen molar-refractivity contribution < 1.29 is 4.74 Å². The predicted octanol–water partition coefficient (Wildman–Crippen LogP) is 4.22. The lowest BCUT2D eigenvalue weighted by Crippen LogP contribution is -2.04. The Morgan fingerprint density at radius 2 is 2.20 bits per heavy atom. The van der Waals surface area contributed by atoms with Crippen LogP contribution in [0.25, 0.3) is 0 Å². The zero-order valence-electron chi connectivity index (χ0n) is 11.4. The fourth-order valence-corrected chi connectivity index (χ4v) is 1.89. The van der Waals surface area contributed by atoms with Gasteiger partial charge in [-0.15, -0.1) is 0 Å². The van der Waals surface area contributed by atoms with Crippen LogP contribution in [0.3, 0.4) is 0 Å². The Morgan fingerprint density at radius 3 is 2.95 bits per heavy atom. The maximum Gasteiger partial charge on any atom is 0.132 e. The van der Waals surface area contributed by atoms with Gasteiger partial charge in [-0.2, -0.15) is 0 Å².